The topological polar surface area (TPSA) is 46.5 Å². The van der Waals surface area contributed by atoms with Gasteiger partial charge in [0, 0.05) is 5.57 Å². The van der Waals surface area contributed by atoms with E-state index in [1.165, 1.54) is 0 Å². The summed E-state index contributed by atoms with van der Waals surface area (Å²) >= 11 is 0. The molecule has 1 unspecified atom stereocenters. The van der Waals surface area contributed by atoms with Crippen molar-refractivity contribution in [1.29, 1.82) is 0 Å². The van der Waals surface area contributed by atoms with Crippen LogP contribution in [0, 0.1) is 5.92 Å². The van der Waals surface area contributed by atoms with Crippen LogP contribution in [-0.2, 0) is 9.53 Å². The van der Waals surface area contributed by atoms with Gasteiger partial charge in [-0.3, -0.25) is 0 Å². The van der Waals surface area contributed by atoms with Gasteiger partial charge in [-0.1, -0.05) is 6.58 Å². The number of aliphatic hydroxyl groups is 1. The van der Waals surface area contributed by atoms with E-state index in [1.807, 2.05) is 0 Å². The van der Waals surface area contributed by atoms with Gasteiger partial charge in [0.15, 0.2) is 0 Å². The Balaban J connectivity index is 2.22. The van der Waals surface area contributed by atoms with Crippen LogP contribution >= 0.6 is 0 Å². The van der Waals surface area contributed by atoms with E-state index in [1.54, 1.807) is 6.92 Å². The maximum absolute atomic E-state index is 11.1. The Morgan fingerprint density at radius 1 is 1.75 bits per heavy atom. The maximum Gasteiger partial charge on any atom is 0.333 e. The van der Waals surface area contributed by atoms with Gasteiger partial charge in [0.1, 0.15) is 6.61 Å². The highest BCUT2D eigenvalue weighted by atomic mass is 16.5. The molecule has 1 fully saturated rings. The molecule has 0 aromatic carbocycles. The molecule has 0 aliphatic heterocycles. The third-order valence-corrected chi connectivity index (χ3v) is 1.79. The van der Waals surface area contributed by atoms with Crippen molar-refractivity contribution in [2.75, 3.05) is 6.61 Å². The van der Waals surface area contributed by atoms with E-state index in [0.29, 0.717) is 11.5 Å². The molecule has 0 amide bonds. The van der Waals surface area contributed by atoms with Crippen LogP contribution in [0.3, 0.4) is 0 Å². The summed E-state index contributed by atoms with van der Waals surface area (Å²) < 4.78 is 4.78. The summed E-state index contributed by atoms with van der Waals surface area (Å²) in [4.78, 5) is 11.1. The number of hydrogen-bond donors (Lipinski definition) is 1. The largest absolute Gasteiger partial charge is 0.460 e. The molecule has 68 valence electrons. The quantitative estimate of drug-likeness (QED) is 0.503. The van der Waals surface area contributed by atoms with Crippen molar-refractivity contribution in [2.24, 2.45) is 5.92 Å². The van der Waals surface area contributed by atoms with Crippen LogP contribution in [0.1, 0.15) is 19.8 Å². The molecular weight excluding hydrogens is 156 g/mol. The van der Waals surface area contributed by atoms with Crippen LogP contribution in [-0.4, -0.2) is 23.8 Å². The van der Waals surface area contributed by atoms with Gasteiger partial charge in [0.2, 0.25) is 0 Å². The molecule has 0 heterocycles. The van der Waals surface area contributed by atoms with E-state index in [2.05, 4.69) is 6.58 Å². The predicted octanol–water partition coefficient (Wildman–Crippen LogP) is 0.877. The molecule has 3 heteroatoms. The zero-order chi connectivity index (χ0) is 9.14. The van der Waals surface area contributed by atoms with Crippen LogP contribution in [0.5, 0.6) is 0 Å². The number of ether oxygens (including phenoxy) is 1. The minimum Gasteiger partial charge on any atom is -0.460 e. The lowest BCUT2D eigenvalue weighted by atomic mass is 10.2. The zero-order valence-corrected chi connectivity index (χ0v) is 7.25. The highest BCUT2D eigenvalue weighted by Gasteiger charge is 2.29. The monoisotopic (exact) mass is 170 g/mol. The molecule has 0 saturated heterocycles. The fourth-order valence-electron chi connectivity index (χ4n) is 0.887. The Kier molecular flexibility index (Phi) is 2.87. The number of carbonyl (C=O) groups excluding carboxylic acids is 1. The Hall–Kier alpha value is -0.830. The smallest absolute Gasteiger partial charge is 0.333 e. The van der Waals surface area contributed by atoms with Crippen molar-refractivity contribution in [3.05, 3.63) is 12.2 Å². The van der Waals surface area contributed by atoms with Crippen molar-refractivity contribution >= 4 is 5.97 Å². The summed E-state index contributed by atoms with van der Waals surface area (Å²) in [5.74, 6) is -0.0232. The van der Waals surface area contributed by atoms with Crippen molar-refractivity contribution < 1.29 is 14.6 Å². The van der Waals surface area contributed by atoms with Crippen molar-refractivity contribution in [3.63, 3.8) is 0 Å². The summed E-state index contributed by atoms with van der Waals surface area (Å²) in [5, 5.41) is 8.83. The lowest BCUT2D eigenvalue weighted by Gasteiger charge is -2.07. The van der Waals surface area contributed by atoms with E-state index in [9.17, 15) is 4.79 Å². The SMILES string of the molecule is C=C(C(=O)OCC(C)O)C1CC1. The molecule has 1 rings (SSSR count). The van der Waals surface area contributed by atoms with Gasteiger partial charge in [0.05, 0.1) is 6.10 Å². The first-order valence-electron chi connectivity index (χ1n) is 4.15. The molecule has 1 saturated carbocycles. The standard InChI is InChI=1S/C9H14O3/c1-6(10)5-12-9(11)7(2)8-3-4-8/h6,8,10H,2-5H2,1H3. The van der Waals surface area contributed by atoms with Crippen LogP contribution < -0.4 is 0 Å². The van der Waals surface area contributed by atoms with Gasteiger partial charge in [-0.2, -0.15) is 0 Å². The van der Waals surface area contributed by atoms with Crippen LogP contribution in [0.15, 0.2) is 12.2 Å². The van der Waals surface area contributed by atoms with Crippen molar-refractivity contribution in [3.8, 4) is 0 Å². The molecule has 0 aromatic heterocycles. The number of aliphatic hydroxyl groups excluding tert-OH is 1. The molecule has 0 bridgehead atoms. The van der Waals surface area contributed by atoms with E-state index < -0.39 is 6.10 Å². The summed E-state index contributed by atoms with van der Waals surface area (Å²) in [6.45, 7) is 5.28. The third-order valence-electron chi connectivity index (χ3n) is 1.79. The second kappa shape index (κ2) is 3.72. The van der Waals surface area contributed by atoms with Gasteiger partial charge in [-0.25, -0.2) is 4.79 Å². The Morgan fingerprint density at radius 3 is 2.75 bits per heavy atom. The lowest BCUT2D eigenvalue weighted by molar-refractivity contribution is -0.141. The van der Waals surface area contributed by atoms with E-state index >= 15 is 0 Å². The maximum atomic E-state index is 11.1. The Bertz CT molecular complexity index is 192. The molecule has 0 aromatic rings. The highest BCUT2D eigenvalue weighted by molar-refractivity contribution is 5.88. The van der Waals surface area contributed by atoms with E-state index in [0.717, 1.165) is 12.8 Å². The summed E-state index contributed by atoms with van der Waals surface area (Å²) in [7, 11) is 0. The third kappa shape index (κ3) is 2.66. The average Bonchev–Trinajstić information content (AvgIpc) is 2.80. The zero-order valence-electron chi connectivity index (χ0n) is 7.25. The minimum absolute atomic E-state index is 0.0601. The fourth-order valence-corrected chi connectivity index (χ4v) is 0.887. The van der Waals surface area contributed by atoms with Crippen LogP contribution in [0.4, 0.5) is 0 Å². The van der Waals surface area contributed by atoms with Gasteiger partial charge in [0.25, 0.3) is 0 Å². The van der Waals surface area contributed by atoms with Crippen molar-refractivity contribution in [1.82, 2.24) is 0 Å². The van der Waals surface area contributed by atoms with Crippen LogP contribution in [0.2, 0.25) is 0 Å². The Labute approximate surface area is 72.0 Å². The summed E-state index contributed by atoms with van der Waals surface area (Å²) in [5.41, 5.74) is 0.552. The number of carbonyl (C=O) groups is 1. The van der Waals surface area contributed by atoms with Gasteiger partial charge >= 0.3 is 5.97 Å². The first kappa shape index (κ1) is 9.26. The number of esters is 1. The molecule has 0 radical (unpaired) electrons. The van der Waals surface area contributed by atoms with Gasteiger partial charge < -0.3 is 9.84 Å². The van der Waals surface area contributed by atoms with Crippen LogP contribution in [0.25, 0.3) is 0 Å². The summed E-state index contributed by atoms with van der Waals surface area (Å²) in [6, 6.07) is 0. The molecule has 12 heavy (non-hydrogen) atoms. The normalized spacial score (nSPS) is 18.5. The van der Waals surface area contributed by atoms with E-state index in [4.69, 9.17) is 9.84 Å². The summed E-state index contributed by atoms with van der Waals surface area (Å²) in [6.07, 6.45) is 1.49. The van der Waals surface area contributed by atoms with Crippen molar-refractivity contribution in [2.45, 2.75) is 25.9 Å². The molecule has 1 aliphatic carbocycles. The molecule has 1 atom stereocenters. The first-order valence-corrected chi connectivity index (χ1v) is 4.15. The number of rotatable bonds is 4. The Morgan fingerprint density at radius 2 is 2.33 bits per heavy atom. The van der Waals surface area contributed by atoms with Gasteiger partial charge in [-0.15, -0.1) is 0 Å². The highest BCUT2D eigenvalue weighted by Crippen LogP contribution is 2.35. The van der Waals surface area contributed by atoms with E-state index in [-0.39, 0.29) is 12.6 Å². The second-order valence-corrected chi connectivity index (χ2v) is 3.25. The lowest BCUT2D eigenvalue weighted by Crippen LogP contribution is -2.16. The molecule has 0 spiro atoms. The molecule has 1 N–H and O–H groups in total. The fraction of sp³-hybridized carbons (Fsp3) is 0.667. The van der Waals surface area contributed by atoms with Gasteiger partial charge in [-0.05, 0) is 25.7 Å². The molecule has 3 nitrogen and oxygen atoms in total. The molecule has 1 aliphatic rings. The average molecular weight is 170 g/mol. The minimum atomic E-state index is -0.596. The molecular formula is C9H14O3. The number of hydrogen-bond acceptors (Lipinski definition) is 3. The predicted molar refractivity (Wildman–Crippen MR) is 44.5 cm³/mol. The first-order chi connectivity index (χ1) is 5.61. The second-order valence-electron chi connectivity index (χ2n) is 3.25.